The molecular weight excluding hydrogens is 194 g/mol. The summed E-state index contributed by atoms with van der Waals surface area (Å²) >= 11 is 0. The maximum Gasteiger partial charge on any atom is 0.325 e. The van der Waals surface area contributed by atoms with Crippen molar-refractivity contribution in [1.82, 2.24) is 4.98 Å². The lowest BCUT2D eigenvalue weighted by Gasteiger charge is -2.07. The van der Waals surface area contributed by atoms with Gasteiger partial charge in [-0.25, -0.2) is 4.98 Å². The first-order valence-corrected chi connectivity index (χ1v) is 4.77. The number of nitrogens with zero attached hydrogens (tertiary/aromatic N) is 1. The molecule has 0 aliphatic heterocycles. The fourth-order valence-corrected chi connectivity index (χ4v) is 1.06. The zero-order valence-electron chi connectivity index (χ0n) is 8.91. The second kappa shape index (κ2) is 5.85. The third-order valence-electron chi connectivity index (χ3n) is 1.78. The SMILES string of the molecule is CCNc1cc(NCC(=O)OC)ccn1. The Morgan fingerprint density at radius 2 is 2.33 bits per heavy atom. The zero-order chi connectivity index (χ0) is 11.1. The van der Waals surface area contributed by atoms with Gasteiger partial charge in [-0.1, -0.05) is 0 Å². The minimum atomic E-state index is -0.295. The first-order valence-electron chi connectivity index (χ1n) is 4.77. The molecular formula is C10H15N3O2. The molecule has 5 nitrogen and oxygen atoms in total. The number of aromatic nitrogens is 1. The van der Waals surface area contributed by atoms with Gasteiger partial charge in [0.2, 0.25) is 0 Å². The van der Waals surface area contributed by atoms with Crippen molar-refractivity contribution >= 4 is 17.5 Å². The first-order chi connectivity index (χ1) is 7.26. The van der Waals surface area contributed by atoms with Gasteiger partial charge in [-0.15, -0.1) is 0 Å². The van der Waals surface area contributed by atoms with E-state index in [9.17, 15) is 4.79 Å². The van der Waals surface area contributed by atoms with Crippen molar-refractivity contribution in [2.75, 3.05) is 30.8 Å². The van der Waals surface area contributed by atoms with Crippen LogP contribution in [0.3, 0.4) is 0 Å². The van der Waals surface area contributed by atoms with Crippen LogP contribution in [0.4, 0.5) is 11.5 Å². The Labute approximate surface area is 88.9 Å². The van der Waals surface area contributed by atoms with Crippen molar-refractivity contribution in [2.45, 2.75) is 6.92 Å². The molecule has 0 bridgehead atoms. The lowest BCUT2D eigenvalue weighted by molar-refractivity contribution is -0.138. The van der Waals surface area contributed by atoms with Gasteiger partial charge >= 0.3 is 5.97 Å². The Morgan fingerprint density at radius 1 is 1.53 bits per heavy atom. The molecule has 82 valence electrons. The Kier molecular flexibility index (Phi) is 4.40. The van der Waals surface area contributed by atoms with E-state index in [1.807, 2.05) is 13.0 Å². The lowest BCUT2D eigenvalue weighted by atomic mass is 10.4. The highest BCUT2D eigenvalue weighted by atomic mass is 16.5. The van der Waals surface area contributed by atoms with Gasteiger partial charge < -0.3 is 15.4 Å². The van der Waals surface area contributed by atoms with Crippen LogP contribution in [-0.2, 0) is 9.53 Å². The predicted octanol–water partition coefficient (Wildman–Crippen LogP) is 1.10. The van der Waals surface area contributed by atoms with Gasteiger partial charge in [0, 0.05) is 24.5 Å². The van der Waals surface area contributed by atoms with E-state index in [1.54, 1.807) is 12.3 Å². The highest BCUT2D eigenvalue weighted by Crippen LogP contribution is 2.10. The molecule has 1 aromatic rings. The summed E-state index contributed by atoms with van der Waals surface area (Å²) in [5.74, 6) is 0.490. The molecule has 0 aliphatic carbocycles. The maximum atomic E-state index is 10.9. The molecule has 0 amide bonds. The van der Waals surface area contributed by atoms with Crippen LogP contribution in [0.2, 0.25) is 0 Å². The van der Waals surface area contributed by atoms with Gasteiger partial charge in [-0.05, 0) is 13.0 Å². The third-order valence-corrected chi connectivity index (χ3v) is 1.78. The molecule has 0 spiro atoms. The van der Waals surface area contributed by atoms with Gasteiger partial charge in [-0.3, -0.25) is 4.79 Å². The molecule has 0 radical (unpaired) electrons. The Balaban J connectivity index is 2.53. The number of anilines is 2. The average Bonchev–Trinajstić information content (AvgIpc) is 2.27. The van der Waals surface area contributed by atoms with Gasteiger partial charge in [0.25, 0.3) is 0 Å². The van der Waals surface area contributed by atoms with Crippen LogP contribution >= 0.6 is 0 Å². The highest BCUT2D eigenvalue weighted by molar-refractivity contribution is 5.75. The highest BCUT2D eigenvalue weighted by Gasteiger charge is 2.00. The first kappa shape index (κ1) is 11.3. The third kappa shape index (κ3) is 3.84. The molecule has 0 saturated carbocycles. The van der Waals surface area contributed by atoms with Crippen LogP contribution in [0, 0.1) is 0 Å². The van der Waals surface area contributed by atoms with Gasteiger partial charge in [0.15, 0.2) is 0 Å². The summed E-state index contributed by atoms with van der Waals surface area (Å²) in [5, 5.41) is 6.02. The molecule has 1 heterocycles. The quantitative estimate of drug-likeness (QED) is 0.711. The van der Waals surface area contributed by atoms with Crippen molar-refractivity contribution in [3.8, 4) is 0 Å². The maximum absolute atomic E-state index is 10.9. The van der Waals surface area contributed by atoms with Crippen molar-refractivity contribution in [2.24, 2.45) is 0 Å². The number of carbonyl (C=O) groups is 1. The van der Waals surface area contributed by atoms with Crippen molar-refractivity contribution < 1.29 is 9.53 Å². The number of carbonyl (C=O) groups excluding carboxylic acids is 1. The van der Waals surface area contributed by atoms with E-state index in [1.165, 1.54) is 7.11 Å². The van der Waals surface area contributed by atoms with E-state index >= 15 is 0 Å². The van der Waals surface area contributed by atoms with Crippen molar-refractivity contribution in [3.05, 3.63) is 18.3 Å². The van der Waals surface area contributed by atoms with E-state index in [2.05, 4.69) is 20.4 Å². The minimum Gasteiger partial charge on any atom is -0.468 e. The molecule has 5 heteroatoms. The summed E-state index contributed by atoms with van der Waals surface area (Å²) in [4.78, 5) is 15.0. The van der Waals surface area contributed by atoms with E-state index in [0.717, 1.165) is 18.1 Å². The molecule has 0 saturated heterocycles. The normalized spacial score (nSPS) is 9.47. The number of ether oxygens (including phenoxy) is 1. The molecule has 0 aliphatic rings. The van der Waals surface area contributed by atoms with E-state index < -0.39 is 0 Å². The number of hydrogen-bond acceptors (Lipinski definition) is 5. The second-order valence-corrected chi connectivity index (χ2v) is 2.89. The molecule has 15 heavy (non-hydrogen) atoms. The summed E-state index contributed by atoms with van der Waals surface area (Å²) in [7, 11) is 1.36. The van der Waals surface area contributed by atoms with Gasteiger partial charge in [-0.2, -0.15) is 0 Å². The van der Waals surface area contributed by atoms with E-state index in [0.29, 0.717) is 0 Å². The second-order valence-electron chi connectivity index (χ2n) is 2.89. The standard InChI is InChI=1S/C10H15N3O2/c1-3-11-9-6-8(4-5-12-9)13-7-10(14)15-2/h4-6H,3,7H2,1-2H3,(H2,11,12,13). The van der Waals surface area contributed by atoms with Crippen LogP contribution in [0.1, 0.15) is 6.92 Å². The molecule has 1 aromatic heterocycles. The molecule has 0 unspecified atom stereocenters. The number of rotatable bonds is 5. The molecule has 0 atom stereocenters. The van der Waals surface area contributed by atoms with Crippen LogP contribution in [-0.4, -0.2) is 31.2 Å². The monoisotopic (exact) mass is 209 g/mol. The predicted molar refractivity (Wildman–Crippen MR) is 58.9 cm³/mol. The molecule has 1 rings (SSSR count). The van der Waals surface area contributed by atoms with E-state index in [4.69, 9.17) is 0 Å². The number of nitrogens with one attached hydrogen (secondary N) is 2. The van der Waals surface area contributed by atoms with Crippen LogP contribution in [0.15, 0.2) is 18.3 Å². The fraction of sp³-hybridized carbons (Fsp3) is 0.400. The molecule has 2 N–H and O–H groups in total. The summed E-state index contributed by atoms with van der Waals surface area (Å²) in [6, 6.07) is 3.64. The van der Waals surface area contributed by atoms with Crippen molar-refractivity contribution in [1.29, 1.82) is 0 Å². The minimum absolute atomic E-state index is 0.159. The summed E-state index contributed by atoms with van der Waals surface area (Å²) in [5.41, 5.74) is 0.839. The fourth-order valence-electron chi connectivity index (χ4n) is 1.06. The number of hydrogen-bond donors (Lipinski definition) is 2. The van der Waals surface area contributed by atoms with Crippen molar-refractivity contribution in [3.63, 3.8) is 0 Å². The lowest BCUT2D eigenvalue weighted by Crippen LogP contribution is -2.15. The van der Waals surface area contributed by atoms with Crippen LogP contribution in [0.25, 0.3) is 0 Å². The topological polar surface area (TPSA) is 63.2 Å². The Bertz CT molecular complexity index is 328. The molecule has 0 aromatic carbocycles. The summed E-state index contributed by atoms with van der Waals surface area (Å²) < 4.78 is 4.52. The number of methoxy groups -OCH3 is 1. The largest absolute Gasteiger partial charge is 0.468 e. The Morgan fingerprint density at radius 3 is 3.00 bits per heavy atom. The molecule has 0 fully saturated rings. The smallest absolute Gasteiger partial charge is 0.325 e. The van der Waals surface area contributed by atoms with Crippen LogP contribution in [0.5, 0.6) is 0 Å². The van der Waals surface area contributed by atoms with Gasteiger partial charge in [0.1, 0.15) is 12.4 Å². The van der Waals surface area contributed by atoms with E-state index in [-0.39, 0.29) is 12.5 Å². The number of esters is 1. The van der Waals surface area contributed by atoms with Gasteiger partial charge in [0.05, 0.1) is 7.11 Å². The number of pyridine rings is 1. The zero-order valence-corrected chi connectivity index (χ0v) is 8.91. The average molecular weight is 209 g/mol. The van der Waals surface area contributed by atoms with Crippen LogP contribution < -0.4 is 10.6 Å². The Hall–Kier alpha value is -1.78. The summed E-state index contributed by atoms with van der Waals surface area (Å²) in [6.07, 6.45) is 1.68. The summed E-state index contributed by atoms with van der Waals surface area (Å²) in [6.45, 7) is 2.97.